The first-order chi connectivity index (χ1) is 12.1. The van der Waals surface area contributed by atoms with Crippen LogP contribution in [0, 0.1) is 5.92 Å². The lowest BCUT2D eigenvalue weighted by molar-refractivity contribution is 0.254. The van der Waals surface area contributed by atoms with Crippen molar-refractivity contribution in [3.05, 3.63) is 30.6 Å². The van der Waals surface area contributed by atoms with Crippen LogP contribution < -0.4 is 5.73 Å². The van der Waals surface area contributed by atoms with E-state index in [2.05, 4.69) is 20.6 Å². The predicted molar refractivity (Wildman–Crippen MR) is 99.1 cm³/mol. The number of hydrogen-bond acceptors (Lipinski definition) is 4. The number of hydrogen-bond donors (Lipinski definition) is 2. The molecule has 0 aliphatic carbocycles. The third kappa shape index (κ3) is 3.12. The summed E-state index contributed by atoms with van der Waals surface area (Å²) in [6.45, 7) is 2.22. The summed E-state index contributed by atoms with van der Waals surface area (Å²) >= 11 is -1.84. The molecule has 1 aliphatic rings. The van der Waals surface area contributed by atoms with Crippen LogP contribution in [-0.2, 0) is 17.8 Å². The maximum atomic E-state index is 11.1. The second kappa shape index (κ2) is 6.70. The minimum Gasteiger partial charge on any atom is -0.382 e. The number of nitrogens with two attached hydrogens (primary N) is 1. The van der Waals surface area contributed by atoms with E-state index in [4.69, 9.17) is 10.3 Å². The molecule has 1 atom stereocenters. The first-order valence-corrected chi connectivity index (χ1v) is 9.55. The highest BCUT2D eigenvalue weighted by atomic mass is 32.2. The Balaban J connectivity index is 1.55. The van der Waals surface area contributed by atoms with Gasteiger partial charge in [0.1, 0.15) is 5.52 Å². The molecule has 0 amide bonds. The summed E-state index contributed by atoms with van der Waals surface area (Å²) in [7, 11) is 0. The minimum absolute atomic E-state index is 0.464. The molecule has 3 N–H and O–H groups in total. The van der Waals surface area contributed by atoms with Crippen LogP contribution in [0.5, 0.6) is 0 Å². The number of pyridine rings is 1. The maximum absolute atomic E-state index is 11.1. The number of rotatable bonds is 4. The van der Waals surface area contributed by atoms with Crippen molar-refractivity contribution in [2.45, 2.75) is 25.8 Å². The van der Waals surface area contributed by atoms with Gasteiger partial charge in [0, 0.05) is 25.0 Å². The quantitative estimate of drug-likeness (QED) is 0.697. The van der Waals surface area contributed by atoms with Gasteiger partial charge in [0.15, 0.2) is 5.82 Å². The van der Waals surface area contributed by atoms with E-state index >= 15 is 0 Å². The zero-order valence-electron chi connectivity index (χ0n) is 13.8. The number of piperidine rings is 1. The van der Waals surface area contributed by atoms with Crippen LogP contribution in [0.4, 0.5) is 5.82 Å². The van der Waals surface area contributed by atoms with Crippen LogP contribution in [0.25, 0.3) is 21.9 Å². The zero-order valence-corrected chi connectivity index (χ0v) is 14.7. The summed E-state index contributed by atoms with van der Waals surface area (Å²) < 4.78 is 24.0. The van der Waals surface area contributed by atoms with Gasteiger partial charge in [0.2, 0.25) is 11.3 Å². The smallest absolute Gasteiger partial charge is 0.234 e. The van der Waals surface area contributed by atoms with Gasteiger partial charge in [-0.2, -0.15) is 0 Å². The van der Waals surface area contributed by atoms with Gasteiger partial charge < -0.3 is 10.3 Å². The van der Waals surface area contributed by atoms with Crippen LogP contribution in [0.3, 0.4) is 0 Å². The van der Waals surface area contributed by atoms with E-state index in [-0.39, 0.29) is 0 Å². The fourth-order valence-corrected chi connectivity index (χ4v) is 4.17. The molecule has 2 aromatic heterocycles. The standard InChI is InChI=1S/C17H21N5O2S/c18-17-15-16(13-3-1-2-4-14(13)20-17)21(11-19-15)8-5-12-6-9-22(10-7-12)25(23)24/h1-4,11-12H,5-10H2,(H2,18,20)(H,23,24). The van der Waals surface area contributed by atoms with Gasteiger partial charge in [-0.15, -0.1) is 0 Å². The molecule has 3 aromatic rings. The molecule has 0 radical (unpaired) electrons. The van der Waals surface area contributed by atoms with E-state index in [0.717, 1.165) is 47.7 Å². The molecule has 0 bridgehead atoms. The molecule has 1 aliphatic heterocycles. The number of anilines is 1. The molecule has 0 spiro atoms. The van der Waals surface area contributed by atoms with Gasteiger partial charge in [-0.3, -0.25) is 4.55 Å². The Morgan fingerprint density at radius 2 is 2.04 bits per heavy atom. The molecular formula is C17H21N5O2S. The fourth-order valence-electron chi connectivity index (χ4n) is 3.65. The fraction of sp³-hybridized carbons (Fsp3) is 0.412. The highest BCUT2D eigenvalue weighted by molar-refractivity contribution is 7.76. The zero-order chi connectivity index (χ0) is 17.4. The van der Waals surface area contributed by atoms with E-state index in [9.17, 15) is 4.21 Å². The summed E-state index contributed by atoms with van der Waals surface area (Å²) in [5, 5.41) is 1.06. The highest BCUT2D eigenvalue weighted by Crippen LogP contribution is 2.28. The summed E-state index contributed by atoms with van der Waals surface area (Å²) in [5.41, 5.74) is 8.75. The second-order valence-electron chi connectivity index (χ2n) is 6.54. The molecule has 7 nitrogen and oxygen atoms in total. The third-order valence-corrected chi connectivity index (χ3v) is 5.86. The van der Waals surface area contributed by atoms with Crippen molar-refractivity contribution in [3.8, 4) is 0 Å². The SMILES string of the molecule is Nc1nc2ccccc2c2c1ncn2CCC1CCN(S(=O)O)CC1. The van der Waals surface area contributed by atoms with Gasteiger partial charge in [-0.05, 0) is 31.2 Å². The molecule has 25 heavy (non-hydrogen) atoms. The van der Waals surface area contributed by atoms with Crippen molar-refractivity contribution in [2.75, 3.05) is 18.8 Å². The lowest BCUT2D eigenvalue weighted by Crippen LogP contribution is -2.35. The lowest BCUT2D eigenvalue weighted by Gasteiger charge is -2.28. The van der Waals surface area contributed by atoms with Crippen LogP contribution in [-0.4, -0.2) is 40.7 Å². The number of nitrogen functional groups attached to an aromatic ring is 1. The Bertz CT molecular complexity index is 933. The number of imidazole rings is 1. The second-order valence-corrected chi connectivity index (χ2v) is 7.52. The number of aromatic nitrogens is 3. The van der Waals surface area contributed by atoms with Gasteiger partial charge in [-0.25, -0.2) is 18.5 Å². The Kier molecular flexibility index (Phi) is 4.41. The van der Waals surface area contributed by atoms with Crippen molar-refractivity contribution in [2.24, 2.45) is 5.92 Å². The average Bonchev–Trinajstić information content (AvgIpc) is 3.05. The summed E-state index contributed by atoms with van der Waals surface area (Å²) in [4.78, 5) is 8.90. The van der Waals surface area contributed by atoms with Crippen molar-refractivity contribution in [3.63, 3.8) is 0 Å². The summed E-state index contributed by atoms with van der Waals surface area (Å²) in [5.74, 6) is 1.02. The molecule has 1 fully saturated rings. The van der Waals surface area contributed by atoms with Crippen molar-refractivity contribution in [1.82, 2.24) is 18.8 Å². The summed E-state index contributed by atoms with van der Waals surface area (Å²) in [6.07, 6.45) is 4.76. The van der Waals surface area contributed by atoms with Crippen molar-refractivity contribution < 1.29 is 8.76 Å². The van der Waals surface area contributed by atoms with E-state index < -0.39 is 11.3 Å². The third-order valence-electron chi connectivity index (χ3n) is 5.05. The first kappa shape index (κ1) is 16.4. The molecule has 0 saturated carbocycles. The Morgan fingerprint density at radius 3 is 2.80 bits per heavy atom. The number of aryl methyl sites for hydroxylation is 1. The van der Waals surface area contributed by atoms with E-state index in [1.165, 1.54) is 0 Å². The largest absolute Gasteiger partial charge is 0.382 e. The van der Waals surface area contributed by atoms with Crippen molar-refractivity contribution in [1.29, 1.82) is 0 Å². The Morgan fingerprint density at radius 1 is 1.28 bits per heavy atom. The molecule has 3 heterocycles. The van der Waals surface area contributed by atoms with Gasteiger partial charge in [0.25, 0.3) is 0 Å². The molecule has 1 unspecified atom stereocenters. The Labute approximate surface area is 148 Å². The number of benzene rings is 1. The topological polar surface area (TPSA) is 97.3 Å². The number of nitrogens with zero attached hydrogens (tertiary/aromatic N) is 4. The average molecular weight is 359 g/mol. The first-order valence-electron chi connectivity index (χ1n) is 8.48. The van der Waals surface area contributed by atoms with Crippen LogP contribution in [0.1, 0.15) is 19.3 Å². The maximum Gasteiger partial charge on any atom is 0.234 e. The van der Waals surface area contributed by atoms with Crippen LogP contribution in [0.15, 0.2) is 30.6 Å². The molecular weight excluding hydrogens is 338 g/mol. The molecule has 1 saturated heterocycles. The van der Waals surface area contributed by atoms with Gasteiger partial charge in [-0.1, -0.05) is 18.2 Å². The molecule has 4 rings (SSSR count). The molecule has 1 aromatic carbocycles. The van der Waals surface area contributed by atoms with E-state index in [1.54, 1.807) is 4.31 Å². The minimum atomic E-state index is -1.84. The van der Waals surface area contributed by atoms with Crippen molar-refractivity contribution >= 4 is 39.0 Å². The van der Waals surface area contributed by atoms with Gasteiger partial charge in [0.05, 0.1) is 17.4 Å². The summed E-state index contributed by atoms with van der Waals surface area (Å²) in [6, 6.07) is 7.98. The van der Waals surface area contributed by atoms with Gasteiger partial charge >= 0.3 is 0 Å². The normalized spacial score (nSPS) is 18.1. The Hall–Kier alpha value is -2.03. The number of para-hydroxylation sites is 1. The number of fused-ring (bicyclic) bond motifs is 3. The van der Waals surface area contributed by atoms with Crippen LogP contribution >= 0.6 is 0 Å². The van der Waals surface area contributed by atoms with E-state index in [1.807, 2.05) is 24.5 Å². The molecule has 8 heteroatoms. The highest BCUT2D eigenvalue weighted by Gasteiger charge is 2.22. The lowest BCUT2D eigenvalue weighted by atomic mass is 9.94. The monoisotopic (exact) mass is 359 g/mol. The van der Waals surface area contributed by atoms with Crippen LogP contribution in [0.2, 0.25) is 0 Å². The molecule has 132 valence electrons. The van der Waals surface area contributed by atoms with E-state index in [0.29, 0.717) is 24.8 Å². The predicted octanol–water partition coefficient (Wildman–Crippen LogP) is 2.41.